The molecule has 3 nitrogen and oxygen atoms in total. The molecule has 0 aliphatic carbocycles. The van der Waals surface area contributed by atoms with Gasteiger partial charge in [0.15, 0.2) is 5.96 Å². The maximum Gasteiger partial charge on any atom is 0.193 e. The van der Waals surface area contributed by atoms with Crippen molar-refractivity contribution in [2.75, 3.05) is 5.32 Å². The van der Waals surface area contributed by atoms with Crippen LogP contribution in [-0.4, -0.2) is 5.96 Å². The van der Waals surface area contributed by atoms with Gasteiger partial charge in [-0.15, -0.1) is 24.0 Å². The van der Waals surface area contributed by atoms with Gasteiger partial charge in [0.25, 0.3) is 0 Å². The summed E-state index contributed by atoms with van der Waals surface area (Å²) >= 11 is 0. The van der Waals surface area contributed by atoms with E-state index < -0.39 is 0 Å². The summed E-state index contributed by atoms with van der Waals surface area (Å²) in [7, 11) is 0. The second kappa shape index (κ2) is 7.89. The predicted octanol–water partition coefficient (Wildman–Crippen LogP) is 3.85. The van der Waals surface area contributed by atoms with Crippen LogP contribution in [0, 0.1) is 13.8 Å². The van der Waals surface area contributed by atoms with Gasteiger partial charge in [0.05, 0.1) is 6.54 Å². The zero-order valence-electron chi connectivity index (χ0n) is 11.8. The van der Waals surface area contributed by atoms with E-state index in [0.29, 0.717) is 12.5 Å². The summed E-state index contributed by atoms with van der Waals surface area (Å²) < 4.78 is 0. The van der Waals surface area contributed by atoms with Crippen molar-refractivity contribution in [2.24, 2.45) is 10.7 Å². The van der Waals surface area contributed by atoms with E-state index >= 15 is 0 Å². The van der Waals surface area contributed by atoms with Gasteiger partial charge in [-0.1, -0.05) is 36.4 Å². The maximum absolute atomic E-state index is 5.88. The Labute approximate surface area is 137 Å². The molecule has 0 radical (unpaired) electrons. The van der Waals surface area contributed by atoms with E-state index in [9.17, 15) is 0 Å². The Morgan fingerprint density at radius 2 is 1.75 bits per heavy atom. The highest BCUT2D eigenvalue weighted by molar-refractivity contribution is 14.0. The van der Waals surface area contributed by atoms with Crippen LogP contribution in [0.2, 0.25) is 0 Å². The average Bonchev–Trinajstić information content (AvgIpc) is 2.42. The zero-order chi connectivity index (χ0) is 13.7. The second-order valence-electron chi connectivity index (χ2n) is 4.61. The minimum Gasteiger partial charge on any atom is -0.370 e. The summed E-state index contributed by atoms with van der Waals surface area (Å²) in [5.41, 5.74) is 10.5. The lowest BCUT2D eigenvalue weighted by Crippen LogP contribution is -2.22. The van der Waals surface area contributed by atoms with Crippen LogP contribution >= 0.6 is 24.0 Å². The molecule has 0 saturated carbocycles. The van der Waals surface area contributed by atoms with Crippen molar-refractivity contribution in [3.8, 4) is 0 Å². The fourth-order valence-corrected chi connectivity index (χ4v) is 1.77. The van der Waals surface area contributed by atoms with E-state index in [4.69, 9.17) is 5.73 Å². The number of halogens is 1. The van der Waals surface area contributed by atoms with Crippen molar-refractivity contribution >= 4 is 35.6 Å². The fraction of sp³-hybridized carbons (Fsp3) is 0.188. The molecule has 0 spiro atoms. The number of aliphatic imine (C=N–C) groups is 1. The first-order chi connectivity index (χ1) is 9.15. The Balaban J connectivity index is 0.00000200. The number of hydrogen-bond donors (Lipinski definition) is 2. The molecule has 0 fully saturated rings. The largest absolute Gasteiger partial charge is 0.370 e. The minimum atomic E-state index is 0. The highest BCUT2D eigenvalue weighted by Gasteiger charge is 1.98. The van der Waals surface area contributed by atoms with Gasteiger partial charge in [-0.3, -0.25) is 0 Å². The normalized spacial score (nSPS) is 10.8. The van der Waals surface area contributed by atoms with Gasteiger partial charge in [0.1, 0.15) is 0 Å². The van der Waals surface area contributed by atoms with E-state index in [2.05, 4.69) is 36.3 Å². The first-order valence-corrected chi connectivity index (χ1v) is 6.33. The molecule has 20 heavy (non-hydrogen) atoms. The summed E-state index contributed by atoms with van der Waals surface area (Å²) in [5, 5.41) is 3.11. The molecule has 106 valence electrons. The van der Waals surface area contributed by atoms with E-state index in [1.54, 1.807) is 0 Å². The number of benzene rings is 2. The molecule has 3 N–H and O–H groups in total. The molecular formula is C16H20IN3. The highest BCUT2D eigenvalue weighted by Crippen LogP contribution is 2.13. The Morgan fingerprint density at radius 1 is 1.05 bits per heavy atom. The number of aryl methyl sites for hydroxylation is 2. The van der Waals surface area contributed by atoms with Crippen molar-refractivity contribution < 1.29 is 0 Å². The summed E-state index contributed by atoms with van der Waals surface area (Å²) in [6.07, 6.45) is 0. The predicted molar refractivity (Wildman–Crippen MR) is 96.7 cm³/mol. The second-order valence-corrected chi connectivity index (χ2v) is 4.61. The molecule has 0 aromatic heterocycles. The van der Waals surface area contributed by atoms with E-state index in [-0.39, 0.29) is 24.0 Å². The van der Waals surface area contributed by atoms with Gasteiger partial charge in [-0.2, -0.15) is 0 Å². The minimum absolute atomic E-state index is 0. The molecule has 2 aromatic rings. The maximum atomic E-state index is 5.88. The SMILES string of the molecule is Cc1ccc(NC(N)=NCc2ccccc2)cc1C.I. The Morgan fingerprint density at radius 3 is 2.40 bits per heavy atom. The van der Waals surface area contributed by atoms with Gasteiger partial charge >= 0.3 is 0 Å². The summed E-state index contributed by atoms with van der Waals surface area (Å²) in [6, 6.07) is 16.2. The molecule has 0 bridgehead atoms. The van der Waals surface area contributed by atoms with Crippen molar-refractivity contribution in [1.29, 1.82) is 0 Å². The van der Waals surface area contributed by atoms with Crippen molar-refractivity contribution in [3.05, 3.63) is 65.2 Å². The quantitative estimate of drug-likeness (QED) is 0.482. The Hall–Kier alpha value is -1.56. The number of anilines is 1. The first-order valence-electron chi connectivity index (χ1n) is 6.33. The van der Waals surface area contributed by atoms with Crippen molar-refractivity contribution in [3.63, 3.8) is 0 Å². The highest BCUT2D eigenvalue weighted by atomic mass is 127. The molecule has 0 amide bonds. The van der Waals surface area contributed by atoms with Crippen LogP contribution in [0.1, 0.15) is 16.7 Å². The van der Waals surface area contributed by atoms with Crippen molar-refractivity contribution in [1.82, 2.24) is 0 Å². The number of nitrogens with one attached hydrogen (secondary N) is 1. The van der Waals surface area contributed by atoms with E-state index in [1.807, 2.05) is 36.4 Å². The smallest absolute Gasteiger partial charge is 0.193 e. The van der Waals surface area contributed by atoms with Crippen LogP contribution in [0.15, 0.2) is 53.5 Å². The topological polar surface area (TPSA) is 50.4 Å². The Kier molecular flexibility index (Phi) is 6.51. The summed E-state index contributed by atoms with van der Waals surface area (Å²) in [4.78, 5) is 4.33. The van der Waals surface area contributed by atoms with Crippen LogP contribution in [0.25, 0.3) is 0 Å². The van der Waals surface area contributed by atoms with E-state index in [1.165, 1.54) is 11.1 Å². The molecule has 0 aliphatic rings. The lowest BCUT2D eigenvalue weighted by molar-refractivity contribution is 1.06. The van der Waals surface area contributed by atoms with Crippen LogP contribution in [0.3, 0.4) is 0 Å². The molecule has 0 atom stereocenters. The van der Waals surface area contributed by atoms with Crippen LogP contribution in [-0.2, 0) is 6.54 Å². The van der Waals surface area contributed by atoms with E-state index in [0.717, 1.165) is 11.3 Å². The monoisotopic (exact) mass is 381 g/mol. The third-order valence-electron chi connectivity index (χ3n) is 3.05. The molecule has 4 heteroatoms. The van der Waals surface area contributed by atoms with Gasteiger partial charge in [0.2, 0.25) is 0 Å². The van der Waals surface area contributed by atoms with Crippen LogP contribution in [0.5, 0.6) is 0 Å². The number of hydrogen-bond acceptors (Lipinski definition) is 1. The lowest BCUT2D eigenvalue weighted by Gasteiger charge is -2.08. The van der Waals surface area contributed by atoms with Gasteiger partial charge < -0.3 is 11.1 Å². The molecule has 0 heterocycles. The number of rotatable bonds is 3. The van der Waals surface area contributed by atoms with Crippen LogP contribution in [0.4, 0.5) is 5.69 Å². The zero-order valence-corrected chi connectivity index (χ0v) is 14.1. The molecule has 0 unspecified atom stereocenters. The molecular weight excluding hydrogens is 361 g/mol. The third-order valence-corrected chi connectivity index (χ3v) is 3.05. The average molecular weight is 381 g/mol. The van der Waals surface area contributed by atoms with Gasteiger partial charge in [-0.25, -0.2) is 4.99 Å². The summed E-state index contributed by atoms with van der Waals surface area (Å²) in [6.45, 7) is 4.76. The Bertz CT molecular complexity index is 580. The van der Waals surface area contributed by atoms with Crippen LogP contribution < -0.4 is 11.1 Å². The van der Waals surface area contributed by atoms with Gasteiger partial charge in [-0.05, 0) is 42.7 Å². The molecule has 0 saturated heterocycles. The molecule has 2 aromatic carbocycles. The lowest BCUT2D eigenvalue weighted by atomic mass is 10.1. The van der Waals surface area contributed by atoms with Gasteiger partial charge in [0, 0.05) is 5.69 Å². The molecule has 0 aliphatic heterocycles. The molecule has 2 rings (SSSR count). The summed E-state index contributed by atoms with van der Waals surface area (Å²) in [5.74, 6) is 0.437. The standard InChI is InChI=1S/C16H19N3.HI/c1-12-8-9-15(10-13(12)2)19-16(17)18-11-14-6-4-3-5-7-14;/h3-10H,11H2,1-2H3,(H3,17,18,19);1H. The third kappa shape index (κ3) is 4.85. The number of guanidine groups is 1. The number of nitrogens with zero attached hydrogens (tertiary/aromatic N) is 1. The van der Waals surface area contributed by atoms with Crippen molar-refractivity contribution in [2.45, 2.75) is 20.4 Å². The first kappa shape index (κ1) is 16.5. The number of nitrogens with two attached hydrogens (primary N) is 1. The fourth-order valence-electron chi connectivity index (χ4n) is 1.77.